The maximum atomic E-state index is 11.9. The van der Waals surface area contributed by atoms with Crippen molar-refractivity contribution in [3.8, 4) is 0 Å². The van der Waals surface area contributed by atoms with Crippen LogP contribution in [0.5, 0.6) is 0 Å². The summed E-state index contributed by atoms with van der Waals surface area (Å²) in [5, 5.41) is 1.18. The van der Waals surface area contributed by atoms with E-state index in [1.54, 1.807) is 0 Å². The van der Waals surface area contributed by atoms with Gasteiger partial charge < -0.3 is 4.98 Å². The van der Waals surface area contributed by atoms with Crippen molar-refractivity contribution in [1.29, 1.82) is 0 Å². The van der Waals surface area contributed by atoms with Gasteiger partial charge in [0.05, 0.1) is 5.69 Å². The van der Waals surface area contributed by atoms with Crippen molar-refractivity contribution in [2.24, 2.45) is 5.92 Å². The van der Waals surface area contributed by atoms with Crippen molar-refractivity contribution in [3.63, 3.8) is 0 Å². The van der Waals surface area contributed by atoms with Gasteiger partial charge in [0.2, 0.25) is 0 Å². The molecule has 0 spiro atoms. The first kappa shape index (κ1) is 10.9. The number of carbonyl (C=O) groups excluding carboxylic acids is 1. The lowest BCUT2D eigenvalue weighted by atomic mass is 10.0. The normalized spacial score (nSPS) is 11.2. The zero-order chi connectivity index (χ0) is 11.7. The van der Waals surface area contributed by atoms with Crippen molar-refractivity contribution < 1.29 is 4.79 Å². The number of H-pyrrole nitrogens is 1. The molecular formula is C14H17NO. The number of Topliss-reactive ketones (excluding diaryl/α,β-unsaturated/α-hetero) is 1. The predicted octanol–water partition coefficient (Wildman–Crippen LogP) is 3.57. The Morgan fingerprint density at radius 2 is 2.12 bits per heavy atom. The van der Waals surface area contributed by atoms with Crippen molar-refractivity contribution in [2.75, 3.05) is 0 Å². The number of aromatic amines is 1. The van der Waals surface area contributed by atoms with Crippen LogP contribution in [-0.2, 0) is 6.42 Å². The molecule has 0 fully saturated rings. The smallest absolute Gasteiger partial charge is 0.181 e. The number of rotatable bonds is 3. The first-order valence-corrected chi connectivity index (χ1v) is 5.78. The van der Waals surface area contributed by atoms with Crippen molar-refractivity contribution >= 4 is 16.7 Å². The van der Waals surface area contributed by atoms with Crippen molar-refractivity contribution in [3.05, 3.63) is 35.5 Å². The van der Waals surface area contributed by atoms with E-state index in [1.165, 1.54) is 10.9 Å². The van der Waals surface area contributed by atoms with Gasteiger partial charge in [-0.2, -0.15) is 0 Å². The molecule has 1 N–H and O–H groups in total. The molecule has 0 unspecified atom stereocenters. The van der Waals surface area contributed by atoms with Crippen LogP contribution in [0.15, 0.2) is 24.3 Å². The number of benzene rings is 1. The summed E-state index contributed by atoms with van der Waals surface area (Å²) in [6, 6.07) is 8.14. The summed E-state index contributed by atoms with van der Waals surface area (Å²) in [7, 11) is 0. The largest absolute Gasteiger partial charge is 0.352 e. The number of nitrogens with one attached hydrogen (secondary N) is 1. The molecule has 1 aromatic heterocycles. The Hall–Kier alpha value is -1.57. The van der Waals surface area contributed by atoms with Gasteiger partial charge in [0, 0.05) is 16.8 Å². The second-order valence-electron chi connectivity index (χ2n) is 4.43. The van der Waals surface area contributed by atoms with Gasteiger partial charge in [-0.25, -0.2) is 0 Å². The van der Waals surface area contributed by atoms with E-state index in [9.17, 15) is 4.79 Å². The molecule has 0 bridgehead atoms. The molecule has 2 aromatic rings. The number of aryl methyl sites for hydroxylation is 1. The Kier molecular flexibility index (Phi) is 2.82. The lowest BCUT2D eigenvalue weighted by Crippen LogP contribution is -2.07. The summed E-state index contributed by atoms with van der Waals surface area (Å²) < 4.78 is 0. The molecule has 0 saturated carbocycles. The third-order valence-corrected chi connectivity index (χ3v) is 2.93. The van der Waals surface area contributed by atoms with Crippen LogP contribution >= 0.6 is 0 Å². The summed E-state index contributed by atoms with van der Waals surface area (Å²) in [5.41, 5.74) is 3.07. The molecule has 0 radical (unpaired) electrons. The van der Waals surface area contributed by atoms with Crippen molar-refractivity contribution in [2.45, 2.75) is 27.2 Å². The highest BCUT2D eigenvalue weighted by molar-refractivity contribution is 6.01. The number of hydrogen-bond donors (Lipinski definition) is 1. The lowest BCUT2D eigenvalue weighted by Gasteiger charge is -1.99. The van der Waals surface area contributed by atoms with Gasteiger partial charge in [0.15, 0.2) is 5.78 Å². The monoisotopic (exact) mass is 215 g/mol. The van der Waals surface area contributed by atoms with E-state index in [4.69, 9.17) is 0 Å². The van der Waals surface area contributed by atoms with Gasteiger partial charge in [0.25, 0.3) is 0 Å². The summed E-state index contributed by atoms with van der Waals surface area (Å²) in [6.07, 6.45) is 0.991. The van der Waals surface area contributed by atoms with Gasteiger partial charge in [-0.15, -0.1) is 0 Å². The SMILES string of the molecule is CCc1cccc2[nH]c(C(=O)C(C)C)cc12. The van der Waals surface area contributed by atoms with Crippen LogP contribution < -0.4 is 0 Å². The van der Waals surface area contributed by atoms with E-state index in [0.717, 1.165) is 17.6 Å². The second-order valence-corrected chi connectivity index (χ2v) is 4.43. The molecule has 2 heteroatoms. The maximum Gasteiger partial charge on any atom is 0.181 e. The Morgan fingerprint density at radius 3 is 2.75 bits per heavy atom. The summed E-state index contributed by atoms with van der Waals surface area (Å²) in [6.45, 7) is 5.98. The summed E-state index contributed by atoms with van der Waals surface area (Å²) in [5.74, 6) is 0.219. The fourth-order valence-electron chi connectivity index (χ4n) is 1.97. The number of aromatic nitrogens is 1. The van der Waals surface area contributed by atoms with Gasteiger partial charge in [-0.3, -0.25) is 4.79 Å². The van der Waals surface area contributed by atoms with Gasteiger partial charge in [-0.05, 0) is 24.1 Å². The Bertz CT molecular complexity index is 523. The highest BCUT2D eigenvalue weighted by atomic mass is 16.1. The van der Waals surface area contributed by atoms with Gasteiger partial charge >= 0.3 is 0 Å². The van der Waals surface area contributed by atoms with E-state index in [0.29, 0.717) is 0 Å². The summed E-state index contributed by atoms with van der Waals surface area (Å²) in [4.78, 5) is 15.1. The average molecular weight is 215 g/mol. The Balaban J connectivity index is 2.56. The molecule has 0 aliphatic heterocycles. The standard InChI is InChI=1S/C14H17NO/c1-4-10-6-5-7-12-11(10)8-13(15-12)14(16)9(2)3/h5-9,15H,4H2,1-3H3. The van der Waals surface area contributed by atoms with Gasteiger partial charge in [-0.1, -0.05) is 32.9 Å². The molecule has 0 aliphatic rings. The minimum Gasteiger partial charge on any atom is -0.352 e. The predicted molar refractivity (Wildman–Crippen MR) is 66.8 cm³/mol. The van der Waals surface area contributed by atoms with Crippen LogP contribution in [-0.4, -0.2) is 10.8 Å². The minimum absolute atomic E-state index is 0.0399. The van der Waals surface area contributed by atoms with Gasteiger partial charge in [0.1, 0.15) is 0 Å². The van der Waals surface area contributed by atoms with E-state index < -0.39 is 0 Å². The number of ketones is 1. The van der Waals surface area contributed by atoms with E-state index in [2.05, 4.69) is 18.0 Å². The molecule has 1 heterocycles. The highest BCUT2D eigenvalue weighted by Crippen LogP contribution is 2.21. The van der Waals surface area contributed by atoms with Crippen LogP contribution in [0, 0.1) is 5.92 Å². The molecule has 0 aliphatic carbocycles. The van der Waals surface area contributed by atoms with Crippen LogP contribution in [0.1, 0.15) is 36.8 Å². The van der Waals surface area contributed by atoms with Crippen LogP contribution in [0.4, 0.5) is 0 Å². The molecule has 2 rings (SSSR count). The fraction of sp³-hybridized carbons (Fsp3) is 0.357. The van der Waals surface area contributed by atoms with Crippen LogP contribution in [0.3, 0.4) is 0 Å². The van der Waals surface area contributed by atoms with E-state index >= 15 is 0 Å². The molecular weight excluding hydrogens is 198 g/mol. The van der Waals surface area contributed by atoms with Crippen LogP contribution in [0.2, 0.25) is 0 Å². The molecule has 2 nitrogen and oxygen atoms in total. The number of carbonyl (C=O) groups is 1. The molecule has 0 amide bonds. The fourth-order valence-corrected chi connectivity index (χ4v) is 1.97. The zero-order valence-electron chi connectivity index (χ0n) is 10.0. The minimum atomic E-state index is 0.0399. The summed E-state index contributed by atoms with van der Waals surface area (Å²) >= 11 is 0. The van der Waals surface area contributed by atoms with E-state index in [-0.39, 0.29) is 11.7 Å². The Labute approximate surface area is 95.7 Å². The molecule has 0 atom stereocenters. The quantitative estimate of drug-likeness (QED) is 0.780. The number of hydrogen-bond acceptors (Lipinski definition) is 1. The third-order valence-electron chi connectivity index (χ3n) is 2.93. The molecule has 1 aromatic carbocycles. The third kappa shape index (κ3) is 1.75. The lowest BCUT2D eigenvalue weighted by molar-refractivity contribution is 0.0935. The highest BCUT2D eigenvalue weighted by Gasteiger charge is 2.13. The Morgan fingerprint density at radius 1 is 1.38 bits per heavy atom. The van der Waals surface area contributed by atoms with Crippen molar-refractivity contribution in [1.82, 2.24) is 4.98 Å². The second kappa shape index (κ2) is 4.12. The first-order chi connectivity index (χ1) is 7.63. The molecule has 16 heavy (non-hydrogen) atoms. The number of fused-ring (bicyclic) bond motifs is 1. The zero-order valence-corrected chi connectivity index (χ0v) is 10.0. The maximum absolute atomic E-state index is 11.9. The first-order valence-electron chi connectivity index (χ1n) is 5.78. The molecule has 0 saturated heterocycles. The topological polar surface area (TPSA) is 32.9 Å². The average Bonchev–Trinajstić information content (AvgIpc) is 2.70. The van der Waals surface area contributed by atoms with E-state index in [1.807, 2.05) is 32.0 Å². The van der Waals surface area contributed by atoms with Crippen LogP contribution in [0.25, 0.3) is 10.9 Å². The molecule has 84 valence electrons.